The molecule has 1 fully saturated rings. The first-order valence-corrected chi connectivity index (χ1v) is 5.44. The predicted molar refractivity (Wildman–Crippen MR) is 60.7 cm³/mol. The van der Waals surface area contributed by atoms with Crippen LogP contribution in [0.4, 0.5) is 10.1 Å². The van der Waals surface area contributed by atoms with Gasteiger partial charge in [0.05, 0.1) is 5.92 Å². The molecule has 0 bridgehead atoms. The minimum absolute atomic E-state index is 0.00404. The van der Waals surface area contributed by atoms with E-state index in [0.29, 0.717) is 17.8 Å². The van der Waals surface area contributed by atoms with Gasteiger partial charge in [-0.25, -0.2) is 4.39 Å². The number of nitrogens with one attached hydrogen (secondary N) is 2. The van der Waals surface area contributed by atoms with Gasteiger partial charge in [-0.05, 0) is 37.6 Å². The van der Waals surface area contributed by atoms with E-state index < -0.39 is 0 Å². The summed E-state index contributed by atoms with van der Waals surface area (Å²) in [6, 6.07) is 4.74. The summed E-state index contributed by atoms with van der Waals surface area (Å²) in [7, 11) is 0. The van der Waals surface area contributed by atoms with Crippen LogP contribution in [0, 0.1) is 18.7 Å². The normalized spacial score (nSPS) is 19.8. The van der Waals surface area contributed by atoms with Crippen LogP contribution in [0.2, 0.25) is 0 Å². The molecule has 0 aliphatic carbocycles. The lowest BCUT2D eigenvalue weighted by atomic mass is 10.1. The van der Waals surface area contributed by atoms with Crippen molar-refractivity contribution in [1.29, 1.82) is 0 Å². The Balaban J connectivity index is 2.02. The standard InChI is InChI=1S/C12H15FN2O/c1-8-2-3-10(6-11(8)13)15-12(16)9-4-5-14-7-9/h2-3,6,9,14H,4-5,7H2,1H3,(H,15,16). The number of benzene rings is 1. The van der Waals surface area contributed by atoms with Gasteiger partial charge < -0.3 is 10.6 Å². The van der Waals surface area contributed by atoms with Gasteiger partial charge in [-0.2, -0.15) is 0 Å². The summed E-state index contributed by atoms with van der Waals surface area (Å²) in [5.74, 6) is -0.319. The van der Waals surface area contributed by atoms with Gasteiger partial charge in [0, 0.05) is 12.2 Å². The molecule has 0 aromatic heterocycles. The highest BCUT2D eigenvalue weighted by Gasteiger charge is 2.22. The Hall–Kier alpha value is -1.42. The van der Waals surface area contributed by atoms with E-state index in [2.05, 4.69) is 10.6 Å². The van der Waals surface area contributed by atoms with Crippen LogP contribution in [0.1, 0.15) is 12.0 Å². The SMILES string of the molecule is Cc1ccc(NC(=O)C2CCNC2)cc1F. The maximum atomic E-state index is 13.2. The summed E-state index contributed by atoms with van der Waals surface area (Å²) in [5.41, 5.74) is 1.11. The third-order valence-corrected chi connectivity index (χ3v) is 2.87. The van der Waals surface area contributed by atoms with E-state index in [4.69, 9.17) is 0 Å². The van der Waals surface area contributed by atoms with Crippen LogP contribution in [-0.4, -0.2) is 19.0 Å². The Morgan fingerprint density at radius 2 is 2.38 bits per heavy atom. The van der Waals surface area contributed by atoms with Gasteiger partial charge in [0.15, 0.2) is 0 Å². The topological polar surface area (TPSA) is 41.1 Å². The Bertz CT molecular complexity index is 400. The lowest BCUT2D eigenvalue weighted by Crippen LogP contribution is -2.24. The molecule has 0 radical (unpaired) electrons. The molecule has 1 amide bonds. The largest absolute Gasteiger partial charge is 0.326 e. The summed E-state index contributed by atoms with van der Waals surface area (Å²) >= 11 is 0. The van der Waals surface area contributed by atoms with Gasteiger partial charge in [0.25, 0.3) is 0 Å². The fourth-order valence-corrected chi connectivity index (χ4v) is 1.79. The van der Waals surface area contributed by atoms with Crippen molar-refractivity contribution in [2.45, 2.75) is 13.3 Å². The average Bonchev–Trinajstić information content (AvgIpc) is 2.77. The Morgan fingerprint density at radius 3 is 3.00 bits per heavy atom. The van der Waals surface area contributed by atoms with Gasteiger partial charge in [-0.15, -0.1) is 0 Å². The predicted octanol–water partition coefficient (Wildman–Crippen LogP) is 1.68. The number of hydrogen-bond donors (Lipinski definition) is 2. The van der Waals surface area contributed by atoms with Crippen LogP contribution in [-0.2, 0) is 4.79 Å². The van der Waals surface area contributed by atoms with Crippen molar-refractivity contribution in [1.82, 2.24) is 5.32 Å². The summed E-state index contributed by atoms with van der Waals surface area (Å²) in [4.78, 5) is 11.7. The van der Waals surface area contributed by atoms with Crippen LogP contribution < -0.4 is 10.6 Å². The summed E-state index contributed by atoms with van der Waals surface area (Å²) in [6.45, 7) is 3.28. The average molecular weight is 222 g/mol. The van der Waals surface area contributed by atoms with E-state index in [1.807, 2.05) is 0 Å². The third-order valence-electron chi connectivity index (χ3n) is 2.87. The number of carbonyl (C=O) groups is 1. The highest BCUT2D eigenvalue weighted by Crippen LogP contribution is 2.16. The molecule has 1 aliphatic heterocycles. The molecule has 1 unspecified atom stereocenters. The minimum Gasteiger partial charge on any atom is -0.326 e. The van der Waals surface area contributed by atoms with Crippen LogP contribution in [0.3, 0.4) is 0 Å². The molecule has 0 saturated carbocycles. The third kappa shape index (κ3) is 2.39. The lowest BCUT2D eigenvalue weighted by Gasteiger charge is -2.10. The number of halogens is 1. The van der Waals surface area contributed by atoms with Crippen LogP contribution in [0.15, 0.2) is 18.2 Å². The smallest absolute Gasteiger partial charge is 0.228 e. The molecule has 86 valence electrons. The highest BCUT2D eigenvalue weighted by molar-refractivity contribution is 5.92. The van der Waals surface area contributed by atoms with Crippen molar-refractivity contribution in [3.63, 3.8) is 0 Å². The van der Waals surface area contributed by atoms with Crippen molar-refractivity contribution in [3.8, 4) is 0 Å². The fourth-order valence-electron chi connectivity index (χ4n) is 1.79. The molecular weight excluding hydrogens is 207 g/mol. The first kappa shape index (κ1) is 11.1. The number of aryl methyl sites for hydroxylation is 1. The van der Waals surface area contributed by atoms with E-state index in [9.17, 15) is 9.18 Å². The zero-order valence-corrected chi connectivity index (χ0v) is 9.22. The Labute approximate surface area is 94.0 Å². The van der Waals surface area contributed by atoms with Crippen molar-refractivity contribution in [2.75, 3.05) is 18.4 Å². The minimum atomic E-state index is -0.289. The van der Waals surface area contributed by atoms with Crippen LogP contribution in [0.5, 0.6) is 0 Å². The molecule has 1 saturated heterocycles. The van der Waals surface area contributed by atoms with E-state index in [1.165, 1.54) is 6.07 Å². The number of carbonyl (C=O) groups excluding carboxylic acids is 1. The van der Waals surface area contributed by atoms with Gasteiger partial charge in [-0.1, -0.05) is 6.07 Å². The van der Waals surface area contributed by atoms with Crippen molar-refractivity contribution < 1.29 is 9.18 Å². The molecule has 1 aromatic carbocycles. The number of anilines is 1. The van der Waals surface area contributed by atoms with Crippen LogP contribution >= 0.6 is 0 Å². The first-order chi connectivity index (χ1) is 7.66. The Morgan fingerprint density at radius 1 is 1.56 bits per heavy atom. The molecule has 4 heteroatoms. The Kier molecular flexibility index (Phi) is 3.19. The van der Waals surface area contributed by atoms with Crippen LogP contribution in [0.25, 0.3) is 0 Å². The quantitative estimate of drug-likeness (QED) is 0.799. The number of rotatable bonds is 2. The molecular formula is C12H15FN2O. The van der Waals surface area contributed by atoms with Gasteiger partial charge >= 0.3 is 0 Å². The van der Waals surface area contributed by atoms with Crippen molar-refractivity contribution >= 4 is 11.6 Å². The summed E-state index contributed by atoms with van der Waals surface area (Å²) in [6.07, 6.45) is 0.847. The molecule has 2 N–H and O–H groups in total. The highest BCUT2D eigenvalue weighted by atomic mass is 19.1. The molecule has 2 rings (SSSR count). The molecule has 1 atom stereocenters. The fraction of sp³-hybridized carbons (Fsp3) is 0.417. The molecule has 3 nitrogen and oxygen atoms in total. The van der Waals surface area contributed by atoms with E-state index in [0.717, 1.165) is 13.0 Å². The van der Waals surface area contributed by atoms with Crippen molar-refractivity contribution in [2.24, 2.45) is 5.92 Å². The molecule has 1 aliphatic rings. The maximum absolute atomic E-state index is 13.2. The summed E-state index contributed by atoms with van der Waals surface area (Å²) < 4.78 is 13.2. The first-order valence-electron chi connectivity index (χ1n) is 5.44. The molecule has 0 spiro atoms. The zero-order chi connectivity index (χ0) is 11.5. The van der Waals surface area contributed by atoms with Gasteiger partial charge in [0.1, 0.15) is 5.82 Å². The maximum Gasteiger partial charge on any atom is 0.228 e. The van der Waals surface area contributed by atoms with E-state index in [1.54, 1.807) is 19.1 Å². The molecule has 1 heterocycles. The molecule has 1 aromatic rings. The second-order valence-electron chi connectivity index (χ2n) is 4.14. The second-order valence-corrected chi connectivity index (χ2v) is 4.14. The van der Waals surface area contributed by atoms with E-state index in [-0.39, 0.29) is 17.6 Å². The molecule has 16 heavy (non-hydrogen) atoms. The second kappa shape index (κ2) is 4.61. The van der Waals surface area contributed by atoms with E-state index >= 15 is 0 Å². The number of amides is 1. The zero-order valence-electron chi connectivity index (χ0n) is 9.22. The van der Waals surface area contributed by atoms with Crippen molar-refractivity contribution in [3.05, 3.63) is 29.6 Å². The number of hydrogen-bond acceptors (Lipinski definition) is 2. The van der Waals surface area contributed by atoms with Gasteiger partial charge in [0.2, 0.25) is 5.91 Å². The van der Waals surface area contributed by atoms with Gasteiger partial charge in [-0.3, -0.25) is 4.79 Å². The summed E-state index contributed by atoms with van der Waals surface area (Å²) in [5, 5.41) is 5.86. The lowest BCUT2D eigenvalue weighted by molar-refractivity contribution is -0.119. The monoisotopic (exact) mass is 222 g/mol.